The zero-order valence-corrected chi connectivity index (χ0v) is 21.0. The third kappa shape index (κ3) is 8.24. The molecule has 0 saturated heterocycles. The van der Waals surface area contributed by atoms with Crippen LogP contribution in [-0.2, 0) is 21.7 Å². The Hall–Kier alpha value is -1.86. The highest BCUT2D eigenvalue weighted by molar-refractivity contribution is 7.97. The Morgan fingerprint density at radius 3 is 1.06 bits per heavy atom. The summed E-state index contributed by atoms with van der Waals surface area (Å²) < 4.78 is 34.0. The van der Waals surface area contributed by atoms with Crippen molar-refractivity contribution in [2.45, 2.75) is 67.1 Å². The molecule has 3 aromatic rings. The summed E-state index contributed by atoms with van der Waals surface area (Å²) in [6.07, 6.45) is 0. The van der Waals surface area contributed by atoms with Crippen LogP contribution in [0.5, 0.6) is 0 Å². The lowest BCUT2D eigenvalue weighted by Gasteiger charge is -2.20. The molecule has 6 heteroatoms. The third-order valence-electron chi connectivity index (χ3n) is 4.89. The van der Waals surface area contributed by atoms with Crippen molar-refractivity contribution in [3.05, 3.63) is 90.0 Å². The van der Waals surface area contributed by atoms with Gasteiger partial charge in [-0.1, -0.05) is 84.0 Å². The second-order valence-electron chi connectivity index (χ2n) is 9.55. The van der Waals surface area contributed by atoms with Crippen LogP contribution in [0.15, 0.2) is 93.5 Å². The lowest BCUT2D eigenvalue weighted by Crippen LogP contribution is -2.68. The Labute approximate surface area is 196 Å². The normalized spacial score (nSPS) is 12.3. The summed E-state index contributed by atoms with van der Waals surface area (Å²) in [6.45, 7) is 13.6. The molecule has 0 atom stereocenters. The molecule has 32 heavy (non-hydrogen) atoms. The quantitative estimate of drug-likeness (QED) is 0.545. The third-order valence-corrected chi connectivity index (χ3v) is 7.12. The minimum atomic E-state index is -4.94. The van der Waals surface area contributed by atoms with Gasteiger partial charge in [0.15, 0.2) is 14.7 Å². The largest absolute Gasteiger partial charge is 0.222 e. The van der Waals surface area contributed by atoms with E-state index < -0.39 is 10.2 Å². The molecule has 0 heterocycles. The number of hydrogen-bond acceptors (Lipinski definition) is 4. The van der Waals surface area contributed by atoms with Gasteiger partial charge in [-0.15, -0.1) is 10.2 Å². The second-order valence-corrected chi connectivity index (χ2v) is 12.3. The Morgan fingerprint density at radius 1 is 0.500 bits per heavy atom. The van der Waals surface area contributed by atoms with Crippen LogP contribution in [0.25, 0.3) is 0 Å². The molecule has 172 valence electrons. The van der Waals surface area contributed by atoms with Crippen LogP contribution in [0.3, 0.4) is 0 Å². The number of hydrogen-bond donors (Lipinski definition) is 0. The first-order valence-corrected chi connectivity index (χ1v) is 12.7. The molecule has 0 unspecified atom stereocenters. The van der Waals surface area contributed by atoms with E-state index in [0.29, 0.717) is 0 Å². The average molecular weight is 475 g/mol. The van der Waals surface area contributed by atoms with Crippen molar-refractivity contribution < 1.29 is 28.9 Å². The summed E-state index contributed by atoms with van der Waals surface area (Å²) in [5, 5.41) is 0. The molecule has 3 rings (SSSR count). The van der Waals surface area contributed by atoms with Gasteiger partial charge >= 0.3 is 0 Å². The van der Waals surface area contributed by atoms with Crippen LogP contribution in [0.4, 0.5) is 0 Å². The van der Waals surface area contributed by atoms with Crippen LogP contribution in [-0.4, -0.2) is 0 Å². The Balaban J connectivity index is 0.000000654. The highest BCUT2D eigenvalue weighted by Gasteiger charge is 2.29. The van der Waals surface area contributed by atoms with Crippen molar-refractivity contribution in [3.63, 3.8) is 0 Å². The molecule has 0 spiro atoms. The zero-order chi connectivity index (χ0) is 24.2. The highest BCUT2D eigenvalue weighted by Crippen LogP contribution is 2.34. The number of halogens is 1. The lowest BCUT2D eigenvalue weighted by atomic mass is 9.87. The fraction of sp³-hybridized carbons (Fsp3) is 0.308. The fourth-order valence-corrected chi connectivity index (χ4v) is 5.21. The smallest absolute Gasteiger partial charge is 0.166 e. The van der Waals surface area contributed by atoms with E-state index in [1.165, 1.54) is 25.8 Å². The maximum atomic E-state index is 8.49. The van der Waals surface area contributed by atoms with Crippen molar-refractivity contribution in [2.75, 3.05) is 0 Å². The molecule has 0 aliphatic heterocycles. The summed E-state index contributed by atoms with van der Waals surface area (Å²) in [6, 6.07) is 29.3. The van der Waals surface area contributed by atoms with E-state index in [1.807, 2.05) is 0 Å². The van der Waals surface area contributed by atoms with E-state index in [2.05, 4.69) is 120 Å². The zero-order valence-electron chi connectivity index (χ0n) is 19.4. The highest BCUT2D eigenvalue weighted by atomic mass is 35.7. The van der Waals surface area contributed by atoms with Crippen LogP contribution in [0, 0.1) is 10.2 Å². The number of rotatable bonds is 3. The molecule has 4 nitrogen and oxygen atoms in total. The van der Waals surface area contributed by atoms with Crippen molar-refractivity contribution in [1.29, 1.82) is 0 Å². The molecular weight excluding hydrogens is 444 g/mol. The van der Waals surface area contributed by atoms with Gasteiger partial charge in [-0.25, -0.2) is 18.6 Å². The standard InChI is InChI=1S/C26H31S.ClHO4/c1-25(2,3)20-12-16-23(17-13-20)27(22-10-8-7-9-11-22)24-18-14-21(15-19-24)26(4,5)6;2-1(3,4)5/h7-19H,1-6H3;(H,2,3,4,5)/q+1;/p-1. The minimum Gasteiger partial charge on any atom is -0.222 e. The van der Waals surface area contributed by atoms with Crippen LogP contribution >= 0.6 is 0 Å². The molecule has 0 bridgehead atoms. The summed E-state index contributed by atoms with van der Waals surface area (Å²) in [5.74, 6) is 0. The van der Waals surface area contributed by atoms with Crippen molar-refractivity contribution in [3.8, 4) is 0 Å². The van der Waals surface area contributed by atoms with Gasteiger partial charge in [0.25, 0.3) is 0 Å². The maximum absolute atomic E-state index is 8.49. The first-order valence-electron chi connectivity index (χ1n) is 10.3. The summed E-state index contributed by atoms with van der Waals surface area (Å²) in [5.41, 5.74) is 3.12. The first-order chi connectivity index (χ1) is 14.7. The molecule has 0 fully saturated rings. The molecule has 0 amide bonds. The van der Waals surface area contributed by atoms with Gasteiger partial charge in [0.05, 0.1) is 10.9 Å². The molecule has 3 aromatic carbocycles. The monoisotopic (exact) mass is 474 g/mol. The Bertz CT molecular complexity index is 905. The average Bonchev–Trinajstić information content (AvgIpc) is 2.67. The molecule has 0 N–H and O–H groups in total. The fourth-order valence-electron chi connectivity index (χ4n) is 3.15. The van der Waals surface area contributed by atoms with Crippen molar-refractivity contribution in [2.24, 2.45) is 0 Å². The van der Waals surface area contributed by atoms with Gasteiger partial charge in [-0.05, 0) is 58.4 Å². The van der Waals surface area contributed by atoms with Crippen LogP contribution < -0.4 is 18.6 Å². The predicted octanol–water partition coefficient (Wildman–Crippen LogP) is 2.62. The summed E-state index contributed by atoms with van der Waals surface area (Å²) >= 11 is 0. The van der Waals surface area contributed by atoms with Crippen LogP contribution in [0.1, 0.15) is 52.7 Å². The minimum absolute atomic E-state index is 0.0847. The van der Waals surface area contributed by atoms with Crippen LogP contribution in [0.2, 0.25) is 0 Å². The maximum Gasteiger partial charge on any atom is 0.166 e. The van der Waals surface area contributed by atoms with Gasteiger partial charge < -0.3 is 0 Å². The topological polar surface area (TPSA) is 92.2 Å². The Morgan fingerprint density at radius 2 is 0.781 bits per heavy atom. The van der Waals surface area contributed by atoms with Gasteiger partial charge in [0.2, 0.25) is 0 Å². The molecule has 0 aromatic heterocycles. The van der Waals surface area contributed by atoms with E-state index >= 15 is 0 Å². The molecule has 0 radical (unpaired) electrons. The second kappa shape index (κ2) is 10.4. The van der Waals surface area contributed by atoms with Crippen molar-refractivity contribution in [1.82, 2.24) is 0 Å². The Kier molecular flexibility index (Phi) is 8.56. The van der Waals surface area contributed by atoms with E-state index in [-0.39, 0.29) is 21.7 Å². The first kappa shape index (κ1) is 26.4. The summed E-state index contributed by atoms with van der Waals surface area (Å²) in [4.78, 5) is 4.11. The van der Waals surface area contributed by atoms with Crippen molar-refractivity contribution >= 4 is 10.9 Å². The lowest BCUT2D eigenvalue weighted by molar-refractivity contribution is -2.00. The van der Waals surface area contributed by atoms with Gasteiger partial charge in [0.1, 0.15) is 0 Å². The predicted molar refractivity (Wildman–Crippen MR) is 119 cm³/mol. The van der Waals surface area contributed by atoms with E-state index in [1.54, 1.807) is 0 Å². The van der Waals surface area contributed by atoms with E-state index in [9.17, 15) is 0 Å². The molecule has 0 aliphatic carbocycles. The number of benzene rings is 3. The van der Waals surface area contributed by atoms with E-state index in [0.717, 1.165) is 0 Å². The molecular formula is C26H31ClO4S. The molecule has 0 saturated carbocycles. The molecule has 0 aliphatic rings. The van der Waals surface area contributed by atoms with Gasteiger partial charge in [0, 0.05) is 0 Å². The van der Waals surface area contributed by atoms with Gasteiger partial charge in [-0.2, -0.15) is 0 Å². The summed E-state index contributed by atoms with van der Waals surface area (Å²) in [7, 11) is -5.03. The SMILES string of the molecule is CC(C)(C)c1ccc([S+](c2ccccc2)c2ccc(C(C)(C)C)cc2)cc1.[O-][Cl+3]([O-])([O-])[O-]. The van der Waals surface area contributed by atoms with Gasteiger partial charge in [-0.3, -0.25) is 0 Å². The van der Waals surface area contributed by atoms with E-state index in [4.69, 9.17) is 18.6 Å².